The Kier molecular flexibility index (Phi) is 5.96. The number of anilines is 2. The van der Waals surface area contributed by atoms with Gasteiger partial charge in [0.05, 0.1) is 6.54 Å². The van der Waals surface area contributed by atoms with E-state index in [4.69, 9.17) is 16.3 Å². The first-order chi connectivity index (χ1) is 12.6. The van der Waals surface area contributed by atoms with E-state index in [1.165, 1.54) is 0 Å². The van der Waals surface area contributed by atoms with Crippen LogP contribution < -0.4 is 20.7 Å². The summed E-state index contributed by atoms with van der Waals surface area (Å²) in [5.74, 6) is 0.915. The largest absolute Gasteiger partial charge is 0.492 e. The van der Waals surface area contributed by atoms with Crippen LogP contribution >= 0.6 is 11.6 Å². The third-order valence-corrected chi connectivity index (χ3v) is 4.08. The molecule has 0 unspecified atom stereocenters. The van der Waals surface area contributed by atoms with Crippen molar-refractivity contribution in [1.29, 1.82) is 0 Å². The van der Waals surface area contributed by atoms with E-state index in [-0.39, 0.29) is 17.9 Å². The summed E-state index contributed by atoms with van der Waals surface area (Å²) in [5, 5.41) is 8.94. The lowest BCUT2D eigenvalue weighted by atomic mass is 10.2. The minimum atomic E-state index is -0.320. The summed E-state index contributed by atoms with van der Waals surface area (Å²) in [6.45, 7) is 0.713. The minimum Gasteiger partial charge on any atom is -0.492 e. The van der Waals surface area contributed by atoms with Crippen molar-refractivity contribution < 1.29 is 14.3 Å². The first-order valence-electron chi connectivity index (χ1n) is 8.44. The molecule has 2 aromatic rings. The van der Waals surface area contributed by atoms with E-state index in [0.717, 1.165) is 18.5 Å². The van der Waals surface area contributed by atoms with Crippen LogP contribution in [0.4, 0.5) is 16.2 Å². The van der Waals surface area contributed by atoms with E-state index >= 15 is 0 Å². The van der Waals surface area contributed by atoms with Crippen molar-refractivity contribution in [2.75, 3.05) is 23.8 Å². The molecular weight excluding hydrogens is 354 g/mol. The summed E-state index contributed by atoms with van der Waals surface area (Å²) < 4.78 is 5.50. The Labute approximate surface area is 156 Å². The molecule has 0 aliphatic heterocycles. The lowest BCUT2D eigenvalue weighted by molar-refractivity contribution is -0.117. The van der Waals surface area contributed by atoms with Gasteiger partial charge in [0.15, 0.2) is 0 Å². The van der Waals surface area contributed by atoms with Crippen molar-refractivity contribution in [3.05, 3.63) is 53.6 Å². The van der Waals surface area contributed by atoms with Gasteiger partial charge >= 0.3 is 6.03 Å². The molecule has 0 aromatic heterocycles. The van der Waals surface area contributed by atoms with Gasteiger partial charge in [-0.15, -0.1) is 0 Å². The Hall–Kier alpha value is -2.73. The second kappa shape index (κ2) is 8.58. The number of hydrogen-bond donors (Lipinski definition) is 3. The average molecular weight is 374 g/mol. The predicted octanol–water partition coefficient (Wildman–Crippen LogP) is 3.89. The molecule has 0 atom stereocenters. The maximum Gasteiger partial charge on any atom is 0.319 e. The maximum absolute atomic E-state index is 11.9. The van der Waals surface area contributed by atoms with Crippen LogP contribution in [0.25, 0.3) is 0 Å². The molecule has 1 fully saturated rings. The molecule has 0 spiro atoms. The Morgan fingerprint density at radius 1 is 0.962 bits per heavy atom. The highest BCUT2D eigenvalue weighted by atomic mass is 35.5. The summed E-state index contributed by atoms with van der Waals surface area (Å²) in [5.41, 5.74) is 1.37. The van der Waals surface area contributed by atoms with Crippen molar-refractivity contribution in [3.63, 3.8) is 0 Å². The van der Waals surface area contributed by atoms with Gasteiger partial charge in [-0.1, -0.05) is 11.6 Å². The van der Waals surface area contributed by atoms with Crippen LogP contribution in [0.1, 0.15) is 12.8 Å². The van der Waals surface area contributed by atoms with E-state index < -0.39 is 0 Å². The van der Waals surface area contributed by atoms with Crippen molar-refractivity contribution in [1.82, 2.24) is 5.32 Å². The molecule has 26 heavy (non-hydrogen) atoms. The second-order valence-corrected chi connectivity index (χ2v) is 6.46. The molecule has 6 nitrogen and oxygen atoms in total. The van der Waals surface area contributed by atoms with Crippen LogP contribution in [-0.4, -0.2) is 25.1 Å². The molecule has 0 heterocycles. The average Bonchev–Trinajstić information content (AvgIpc) is 3.47. The molecule has 3 amide bonds. The normalized spacial score (nSPS) is 13.0. The number of urea groups is 1. The van der Waals surface area contributed by atoms with Gasteiger partial charge in [0.25, 0.3) is 0 Å². The zero-order chi connectivity index (χ0) is 18.4. The van der Waals surface area contributed by atoms with Gasteiger partial charge in [-0.2, -0.15) is 0 Å². The number of hydrogen-bond acceptors (Lipinski definition) is 3. The number of nitrogens with one attached hydrogen (secondary N) is 3. The summed E-state index contributed by atoms with van der Waals surface area (Å²) >= 11 is 5.80. The first kappa shape index (κ1) is 18.1. The Balaban J connectivity index is 1.36. The van der Waals surface area contributed by atoms with E-state index in [0.29, 0.717) is 29.6 Å². The van der Waals surface area contributed by atoms with Crippen LogP contribution in [0.15, 0.2) is 48.5 Å². The summed E-state index contributed by atoms with van der Waals surface area (Å²) in [4.78, 5) is 23.6. The molecule has 1 saturated carbocycles. The molecule has 3 rings (SSSR count). The molecule has 2 aromatic carbocycles. The molecule has 7 heteroatoms. The highest BCUT2D eigenvalue weighted by Gasteiger charge is 2.29. The lowest BCUT2D eigenvalue weighted by Crippen LogP contribution is -2.32. The standard InChI is InChI=1S/C19H20ClN3O3/c20-14-3-9-17(10-4-14)26-12-11-21-19(25)23-16-7-5-15(6-8-16)22-18(24)13-1-2-13/h3-10,13H,1-2,11-12H2,(H,22,24)(H2,21,23,25). The number of benzene rings is 2. The molecular formula is C19H20ClN3O3. The van der Waals surface area contributed by atoms with E-state index in [2.05, 4.69) is 16.0 Å². The number of rotatable bonds is 7. The number of ether oxygens (including phenoxy) is 1. The van der Waals surface area contributed by atoms with Crippen LogP contribution in [0.5, 0.6) is 5.75 Å². The summed E-state index contributed by atoms with van der Waals surface area (Å²) in [6.07, 6.45) is 1.93. The number of amides is 3. The van der Waals surface area contributed by atoms with E-state index in [1.807, 2.05) is 0 Å². The van der Waals surface area contributed by atoms with E-state index in [9.17, 15) is 9.59 Å². The lowest BCUT2D eigenvalue weighted by Gasteiger charge is -2.10. The third kappa shape index (κ3) is 5.67. The zero-order valence-electron chi connectivity index (χ0n) is 14.1. The molecule has 0 radical (unpaired) electrons. The SMILES string of the molecule is O=C(NCCOc1ccc(Cl)cc1)Nc1ccc(NC(=O)C2CC2)cc1. The Morgan fingerprint density at radius 2 is 1.58 bits per heavy atom. The fourth-order valence-corrected chi connectivity index (χ4v) is 2.39. The van der Waals surface area contributed by atoms with Gasteiger partial charge in [0, 0.05) is 22.3 Å². The van der Waals surface area contributed by atoms with Crippen LogP contribution in [-0.2, 0) is 4.79 Å². The van der Waals surface area contributed by atoms with Gasteiger partial charge in [0.2, 0.25) is 5.91 Å². The van der Waals surface area contributed by atoms with Crippen molar-refractivity contribution in [2.45, 2.75) is 12.8 Å². The maximum atomic E-state index is 11.9. The molecule has 3 N–H and O–H groups in total. The molecule has 0 saturated heterocycles. The monoisotopic (exact) mass is 373 g/mol. The van der Waals surface area contributed by atoms with Gasteiger partial charge < -0.3 is 20.7 Å². The summed E-state index contributed by atoms with van der Waals surface area (Å²) in [6, 6.07) is 13.7. The van der Waals surface area contributed by atoms with Gasteiger partial charge in [0.1, 0.15) is 12.4 Å². The van der Waals surface area contributed by atoms with Crippen LogP contribution in [0.3, 0.4) is 0 Å². The molecule has 1 aliphatic rings. The second-order valence-electron chi connectivity index (χ2n) is 6.02. The number of carbonyl (C=O) groups is 2. The fourth-order valence-electron chi connectivity index (χ4n) is 2.27. The van der Waals surface area contributed by atoms with Crippen molar-refractivity contribution in [3.8, 4) is 5.75 Å². The quantitative estimate of drug-likeness (QED) is 0.644. The highest BCUT2D eigenvalue weighted by Crippen LogP contribution is 2.30. The third-order valence-electron chi connectivity index (χ3n) is 3.83. The Morgan fingerprint density at radius 3 is 2.19 bits per heavy atom. The smallest absolute Gasteiger partial charge is 0.319 e. The van der Waals surface area contributed by atoms with Gasteiger partial charge in [-0.05, 0) is 61.4 Å². The zero-order valence-corrected chi connectivity index (χ0v) is 14.9. The highest BCUT2D eigenvalue weighted by molar-refractivity contribution is 6.30. The Bertz CT molecular complexity index is 759. The van der Waals surface area contributed by atoms with Gasteiger partial charge in [-0.25, -0.2) is 4.79 Å². The van der Waals surface area contributed by atoms with Gasteiger partial charge in [-0.3, -0.25) is 4.79 Å². The van der Waals surface area contributed by atoms with Crippen LogP contribution in [0, 0.1) is 5.92 Å². The fraction of sp³-hybridized carbons (Fsp3) is 0.263. The molecule has 136 valence electrons. The first-order valence-corrected chi connectivity index (χ1v) is 8.82. The predicted molar refractivity (Wildman–Crippen MR) is 102 cm³/mol. The molecule has 1 aliphatic carbocycles. The summed E-state index contributed by atoms with van der Waals surface area (Å²) in [7, 11) is 0. The molecule has 0 bridgehead atoms. The van der Waals surface area contributed by atoms with E-state index in [1.54, 1.807) is 48.5 Å². The number of halogens is 1. The number of carbonyl (C=O) groups excluding carboxylic acids is 2. The van der Waals surface area contributed by atoms with Crippen LogP contribution in [0.2, 0.25) is 5.02 Å². The minimum absolute atomic E-state index is 0.0594. The topological polar surface area (TPSA) is 79.5 Å². The van der Waals surface area contributed by atoms with Crippen molar-refractivity contribution in [2.24, 2.45) is 5.92 Å². The van der Waals surface area contributed by atoms with Crippen molar-refractivity contribution >= 4 is 34.9 Å².